The third-order valence-electron chi connectivity index (χ3n) is 25.1. The summed E-state index contributed by atoms with van der Waals surface area (Å²) in [7, 11) is -5.58. The number of amides is 3. The Balaban J connectivity index is 0.000000147. The van der Waals surface area contributed by atoms with Crippen molar-refractivity contribution < 1.29 is 131 Å². The average molecular weight is 2090 g/mol. The molecular formula is C82H109F8IN18O21S4. The Kier molecular flexibility index (Phi) is 29.4. The number of anilines is 8. The van der Waals surface area contributed by atoms with E-state index in [0.29, 0.717) is 92.8 Å². The number of methoxy groups -OCH3 is 3. The van der Waals surface area contributed by atoms with Crippen molar-refractivity contribution in [3.8, 4) is 0 Å². The van der Waals surface area contributed by atoms with Gasteiger partial charge in [0.05, 0.1) is 60.3 Å². The van der Waals surface area contributed by atoms with Gasteiger partial charge in [-0.25, -0.2) is 104 Å². The summed E-state index contributed by atoms with van der Waals surface area (Å²) in [4.78, 5) is 72.2. The van der Waals surface area contributed by atoms with E-state index in [2.05, 4.69) is 62.7 Å². The van der Waals surface area contributed by atoms with Gasteiger partial charge in [-0.2, -0.15) is 33.7 Å². The second kappa shape index (κ2) is 38.6. The molecule has 8 aliphatic heterocycles. The van der Waals surface area contributed by atoms with Crippen LogP contribution in [0.4, 0.5) is 90.7 Å². The van der Waals surface area contributed by atoms with Gasteiger partial charge in [0, 0.05) is 216 Å². The largest absolute Gasteiger partial charge is 0.476 e. The number of carbonyl (C=O) groups is 4. The number of aliphatic hydroxyl groups is 1. The number of carboxylic acids is 1. The molecular weight excluding hydrogens is 1980 g/mol. The normalized spacial score (nSPS) is 27.2. The summed E-state index contributed by atoms with van der Waals surface area (Å²) in [5.74, 6) is -16.3. The van der Waals surface area contributed by atoms with E-state index in [1.807, 2.05) is 4.93 Å². The summed E-state index contributed by atoms with van der Waals surface area (Å²) in [6.45, 7) is 13.1. The van der Waals surface area contributed by atoms with E-state index in [4.69, 9.17) is 33.3 Å². The van der Waals surface area contributed by atoms with E-state index < -0.39 is 130 Å². The second-order valence-electron chi connectivity index (χ2n) is 36.3. The zero-order valence-electron chi connectivity index (χ0n) is 75.8. The van der Waals surface area contributed by atoms with Gasteiger partial charge in [-0.3, -0.25) is 4.79 Å². The molecule has 740 valence electrons. The van der Waals surface area contributed by atoms with Crippen molar-refractivity contribution >= 4 is 134 Å². The fraction of sp³-hybridized carbons (Fsp3) is 0.634. The lowest BCUT2D eigenvalue weighted by Crippen LogP contribution is -2.48. The lowest BCUT2D eigenvalue weighted by molar-refractivity contribution is -0.0145. The molecule has 12 aliphatic rings. The van der Waals surface area contributed by atoms with Gasteiger partial charge in [0.15, 0.2) is 34.7 Å². The number of hydrogen-bond acceptors (Lipinski definition) is 27. The Morgan fingerprint density at radius 1 is 0.448 bits per heavy atom. The van der Waals surface area contributed by atoms with Gasteiger partial charge in [0.1, 0.15) is 23.7 Å². The number of β-amino-alcohol motifs (C(OH)–C–C–N with tert-alkyl or cyclic N) is 1. The molecule has 4 aliphatic carbocycles. The molecule has 0 spiro atoms. The molecule has 39 nitrogen and oxygen atoms in total. The number of nitrogens with one attached hydrogen (secondary N) is 1. The molecule has 12 atom stereocenters. The first-order chi connectivity index (χ1) is 62.6. The molecule has 6 aromatic rings. The van der Waals surface area contributed by atoms with Crippen LogP contribution in [-0.4, -0.2) is 305 Å². The summed E-state index contributed by atoms with van der Waals surface area (Å²) in [6, 6.07) is 16.0. The van der Waals surface area contributed by atoms with Crippen LogP contribution >= 0.6 is 22.6 Å². The number of hydrogen-bond donors (Lipinski definition) is 3. The number of rotatable bonds is 17. The molecule has 12 unspecified atom stereocenters. The molecule has 6 aromatic heterocycles. The van der Waals surface area contributed by atoms with Crippen molar-refractivity contribution in [3.63, 3.8) is 0 Å². The van der Waals surface area contributed by atoms with Crippen LogP contribution in [0.25, 0.3) is 0 Å². The van der Waals surface area contributed by atoms with Gasteiger partial charge in [0.25, 0.3) is 29.6 Å². The Morgan fingerprint density at radius 2 is 0.739 bits per heavy atom. The van der Waals surface area contributed by atoms with Gasteiger partial charge in [-0.15, -0.1) is 0 Å². The topological polar surface area (TPSA) is 443 Å². The number of aromatic carboxylic acids is 1. The standard InChI is InChI=1S/C21H30F2N4O5S.C20H23F2N5O5S.C20H28F2N4O5S.C16H22F2N4O3S.C4H3NO3.CH3I/c1-20(2,3)32-19(28)26-9-8-14(17(12-26)31-5)15-6-7-16-18(24-15)25(4)33(29,30)27(16)11-13-10-21(13,22)23;1-25-18-16(27(33(25,29)30)10-12-9-20(12,21)22)4-3-14(23-18)13-5-7-26(11-17(13)31-2)19(28)15-6-8-32-24-15;1-19(2,3)31-18(28)25-8-7-13(16(27)11-25)14-5-6-15-17(23-14)24(4)32(29,30)26(15)10-12-9-20(12,21)22;1-21-15-13(22(26(21,23)24)9-10-7-16(10,17)18)4-3-12(20-15)11-5-6-19-8-14(11)25-2;6-4(7)3-1-2-8-5-3;1-2/h6-7,13-14,17H,8-12H2,1-5H3;3-4,6,8,12-13,17H,5,7,9-11H2,1-2H3;5-6,12-13,16,27H,7-11H2,1-4H3;3-4,10-11,14,19H,5-9H2,1-2H3;1-2H,(H,6,7);1H3. The number of aliphatic hydroxyl groups excluding tert-OH is 1. The van der Waals surface area contributed by atoms with E-state index in [1.165, 1.54) is 57.7 Å². The van der Waals surface area contributed by atoms with E-state index in [0.717, 1.165) is 53.1 Å². The van der Waals surface area contributed by atoms with Gasteiger partial charge < -0.3 is 63.0 Å². The van der Waals surface area contributed by atoms with Crippen LogP contribution in [-0.2, 0) is 64.5 Å². The van der Waals surface area contributed by atoms with Crippen molar-refractivity contribution in [3.05, 3.63) is 107 Å². The molecule has 3 N–H and O–H groups in total. The maximum absolute atomic E-state index is 13.4. The molecule has 52 heteroatoms. The molecule has 8 fully saturated rings. The third kappa shape index (κ3) is 21.5. The highest BCUT2D eigenvalue weighted by atomic mass is 127. The van der Waals surface area contributed by atoms with E-state index in [9.17, 15) is 93.1 Å². The van der Waals surface area contributed by atoms with Crippen LogP contribution in [0.2, 0.25) is 0 Å². The monoisotopic (exact) mass is 2090 g/mol. The summed E-state index contributed by atoms with van der Waals surface area (Å²) < 4.78 is 254. The highest BCUT2D eigenvalue weighted by Gasteiger charge is 2.63. The highest BCUT2D eigenvalue weighted by Crippen LogP contribution is 2.56. The first-order valence-electron chi connectivity index (χ1n) is 42.9. The van der Waals surface area contributed by atoms with E-state index >= 15 is 0 Å². The zero-order chi connectivity index (χ0) is 98.2. The van der Waals surface area contributed by atoms with Gasteiger partial charge in [-0.05, 0) is 127 Å². The molecule has 14 heterocycles. The smallest absolute Gasteiger partial charge is 0.410 e. The number of fused-ring (bicyclic) bond motifs is 4. The molecule has 4 saturated heterocycles. The number of nitrogens with zero attached hydrogens (tertiary/aromatic N) is 17. The zero-order valence-corrected chi connectivity index (χ0v) is 81.2. The minimum absolute atomic E-state index is 0.0427. The summed E-state index contributed by atoms with van der Waals surface area (Å²) in [5.41, 5.74) is 2.59. The van der Waals surface area contributed by atoms with Crippen molar-refractivity contribution in [2.24, 2.45) is 23.7 Å². The summed E-state index contributed by atoms with van der Waals surface area (Å²) in [5, 5.41) is 28.9. The first-order valence-corrected chi connectivity index (χ1v) is 50.6. The Morgan fingerprint density at radius 3 is 1.02 bits per heavy atom. The fourth-order valence-corrected chi connectivity index (χ4v) is 22.6. The van der Waals surface area contributed by atoms with Crippen LogP contribution in [0.1, 0.15) is 160 Å². The molecule has 0 bridgehead atoms. The predicted octanol–water partition coefficient (Wildman–Crippen LogP) is 9.92. The van der Waals surface area contributed by atoms with Crippen molar-refractivity contribution in [1.82, 2.24) is 50.3 Å². The highest BCUT2D eigenvalue weighted by molar-refractivity contribution is 14.1. The molecule has 18 rings (SSSR count). The van der Waals surface area contributed by atoms with Crippen molar-refractivity contribution in [1.29, 1.82) is 0 Å². The number of carbonyl (C=O) groups excluding carboxylic acids is 3. The minimum Gasteiger partial charge on any atom is -0.476 e. The molecule has 4 saturated carbocycles. The molecule has 0 radical (unpaired) electrons. The number of ether oxygens (including phenoxy) is 5. The number of aromatic nitrogens is 6. The van der Waals surface area contributed by atoms with E-state index in [1.54, 1.807) is 121 Å². The molecule has 3 amide bonds. The lowest BCUT2D eigenvalue weighted by atomic mass is 9.90. The van der Waals surface area contributed by atoms with Gasteiger partial charge >= 0.3 is 59.0 Å². The van der Waals surface area contributed by atoms with Crippen LogP contribution in [0.15, 0.2) is 82.2 Å². The number of carboxylic acid groups (broad SMARTS) is 1. The lowest BCUT2D eigenvalue weighted by Gasteiger charge is -2.38. The first kappa shape index (κ1) is 102. The van der Waals surface area contributed by atoms with Gasteiger partial charge in [-0.1, -0.05) is 32.9 Å². The van der Waals surface area contributed by atoms with Crippen LogP contribution in [0, 0.1) is 23.7 Å². The maximum atomic E-state index is 13.4. The molecule has 134 heavy (non-hydrogen) atoms. The minimum atomic E-state index is -3.99. The Bertz CT molecular complexity index is 5790. The Labute approximate surface area is 784 Å². The Hall–Kier alpha value is -9.33. The molecule has 0 aromatic carbocycles. The number of likely N-dealkylation sites (tertiary alicyclic amines) is 3. The van der Waals surface area contributed by atoms with Crippen LogP contribution < -0.4 is 39.8 Å². The number of piperidine rings is 4. The maximum Gasteiger partial charge on any atom is 0.410 e. The number of pyridine rings is 4. The van der Waals surface area contributed by atoms with Crippen LogP contribution in [0.3, 0.4) is 0 Å². The van der Waals surface area contributed by atoms with Crippen molar-refractivity contribution in [2.75, 3.05) is 167 Å². The average Bonchev–Trinajstić information content (AvgIpc) is 1.59. The number of alkyl halides is 9. The van der Waals surface area contributed by atoms with Gasteiger partial charge in [0.2, 0.25) is 0 Å². The fourth-order valence-electron chi connectivity index (χ4n) is 17.0. The summed E-state index contributed by atoms with van der Waals surface area (Å²) >= 11 is 2.15. The SMILES string of the molecule is CI.CN1c2nc(C3CCN(C(=O)OC(C)(C)C)CC3O)ccc2N(CC2CC2(F)F)S1(=O)=O.COC1CN(C(=O)OC(C)(C)C)CCC1c1ccc2c(n1)N(C)S(=O)(=O)N2CC1CC1(F)F.COC1CN(C(=O)c2ccon2)CCC1c1ccc2c(n1)N(C)S(=O)(=O)N2CC1CC1(F)F.COC1CNCCC1c1ccc2c(n1)N(C)S(=O)(=O)N2CC1CC1(F)F.O=C(O)c1ccon1. The van der Waals surface area contributed by atoms with Crippen molar-refractivity contribution in [2.45, 2.75) is 176 Å². The van der Waals surface area contributed by atoms with E-state index in [-0.39, 0.29) is 141 Å². The third-order valence-corrected chi connectivity index (χ3v) is 32.2. The predicted molar refractivity (Wildman–Crippen MR) is 480 cm³/mol. The second-order valence-corrected chi connectivity index (χ2v) is 43.9. The summed E-state index contributed by atoms with van der Waals surface area (Å²) in [6.07, 6.45) is 1.07. The van der Waals surface area contributed by atoms with Crippen LogP contribution in [0.5, 0.6) is 0 Å². The quantitative estimate of drug-likeness (QED) is 0.0434. The number of halogens is 9.